The minimum atomic E-state index is 0.413. The molecule has 1 aromatic carbocycles. The average Bonchev–Trinajstić information content (AvgIpc) is 2.12. The topological polar surface area (TPSA) is 35.2 Å². The first kappa shape index (κ1) is 11.1. The van der Waals surface area contributed by atoms with Crippen molar-refractivity contribution < 1.29 is 4.74 Å². The van der Waals surface area contributed by atoms with Gasteiger partial charge in [0.2, 0.25) is 0 Å². The summed E-state index contributed by atoms with van der Waals surface area (Å²) < 4.78 is 5.64. The van der Waals surface area contributed by atoms with Gasteiger partial charge in [-0.25, -0.2) is 0 Å². The van der Waals surface area contributed by atoms with Crippen molar-refractivity contribution in [2.24, 2.45) is 11.7 Å². The molecule has 0 heterocycles. The fraction of sp³-hybridized carbons (Fsp3) is 0.500. The van der Waals surface area contributed by atoms with Crippen molar-refractivity contribution in [2.75, 3.05) is 13.2 Å². The van der Waals surface area contributed by atoms with Crippen molar-refractivity contribution in [3.05, 3.63) is 29.3 Å². The number of aryl methyl sites for hydroxylation is 2. The van der Waals surface area contributed by atoms with Crippen LogP contribution in [0.2, 0.25) is 0 Å². The first-order chi connectivity index (χ1) is 6.61. The van der Waals surface area contributed by atoms with E-state index in [1.165, 1.54) is 11.1 Å². The summed E-state index contributed by atoms with van der Waals surface area (Å²) in [5.74, 6) is 1.36. The summed E-state index contributed by atoms with van der Waals surface area (Å²) in [6.07, 6.45) is 0. The van der Waals surface area contributed by atoms with Crippen LogP contribution in [0, 0.1) is 19.8 Å². The molecule has 0 amide bonds. The Bertz CT molecular complexity index is 276. The zero-order chi connectivity index (χ0) is 10.6. The molecule has 2 N–H and O–H groups in total. The normalized spacial score (nSPS) is 12.6. The molecule has 0 aliphatic heterocycles. The molecule has 1 atom stereocenters. The zero-order valence-electron chi connectivity index (χ0n) is 9.21. The summed E-state index contributed by atoms with van der Waals surface area (Å²) in [4.78, 5) is 0. The van der Waals surface area contributed by atoms with E-state index in [0.717, 1.165) is 5.75 Å². The van der Waals surface area contributed by atoms with Crippen LogP contribution in [0.5, 0.6) is 5.75 Å². The van der Waals surface area contributed by atoms with Crippen molar-refractivity contribution in [2.45, 2.75) is 20.8 Å². The molecular weight excluding hydrogens is 174 g/mol. The zero-order valence-corrected chi connectivity index (χ0v) is 9.21. The lowest BCUT2D eigenvalue weighted by atomic mass is 10.1. The minimum absolute atomic E-state index is 0.413. The van der Waals surface area contributed by atoms with E-state index in [1.54, 1.807) is 0 Å². The van der Waals surface area contributed by atoms with Crippen molar-refractivity contribution in [3.63, 3.8) is 0 Å². The van der Waals surface area contributed by atoms with E-state index in [4.69, 9.17) is 10.5 Å². The Morgan fingerprint density at radius 3 is 2.29 bits per heavy atom. The summed E-state index contributed by atoms with van der Waals surface area (Å²) in [6.45, 7) is 7.60. The molecule has 78 valence electrons. The van der Waals surface area contributed by atoms with Crippen LogP contribution in [0.3, 0.4) is 0 Å². The minimum Gasteiger partial charge on any atom is -0.493 e. The van der Waals surface area contributed by atoms with Crippen LogP contribution >= 0.6 is 0 Å². The molecule has 0 saturated carbocycles. The predicted molar refractivity (Wildman–Crippen MR) is 59.6 cm³/mol. The van der Waals surface area contributed by atoms with Gasteiger partial charge in [0, 0.05) is 5.92 Å². The average molecular weight is 193 g/mol. The van der Waals surface area contributed by atoms with Crippen LogP contribution in [-0.4, -0.2) is 13.2 Å². The summed E-state index contributed by atoms with van der Waals surface area (Å²) in [5.41, 5.74) is 7.99. The van der Waals surface area contributed by atoms with Crippen molar-refractivity contribution >= 4 is 0 Å². The number of nitrogens with two attached hydrogens (primary N) is 1. The molecule has 1 aromatic rings. The Hall–Kier alpha value is -1.02. The second-order valence-electron chi connectivity index (χ2n) is 3.98. The lowest BCUT2D eigenvalue weighted by molar-refractivity contribution is 0.263. The van der Waals surface area contributed by atoms with Crippen molar-refractivity contribution in [1.29, 1.82) is 0 Å². The molecule has 0 spiro atoms. The lowest BCUT2D eigenvalue weighted by Gasteiger charge is -2.11. The van der Waals surface area contributed by atoms with Crippen LogP contribution in [-0.2, 0) is 0 Å². The molecule has 0 aliphatic rings. The molecule has 1 rings (SSSR count). The Morgan fingerprint density at radius 1 is 1.21 bits per heavy atom. The fourth-order valence-corrected chi connectivity index (χ4v) is 1.32. The first-order valence-electron chi connectivity index (χ1n) is 5.03. The van der Waals surface area contributed by atoms with Gasteiger partial charge in [-0.3, -0.25) is 0 Å². The van der Waals surface area contributed by atoms with Gasteiger partial charge >= 0.3 is 0 Å². The van der Waals surface area contributed by atoms with E-state index in [0.29, 0.717) is 19.1 Å². The Morgan fingerprint density at radius 2 is 1.79 bits per heavy atom. The SMILES string of the molecule is Cc1cc(C)cc(OCC(C)CN)c1. The Labute approximate surface area is 86.1 Å². The maximum absolute atomic E-state index is 5.64. The van der Waals surface area contributed by atoms with Gasteiger partial charge in [0.1, 0.15) is 5.75 Å². The number of hydrogen-bond acceptors (Lipinski definition) is 2. The lowest BCUT2D eigenvalue weighted by Crippen LogP contribution is -2.18. The molecule has 1 unspecified atom stereocenters. The molecule has 0 fully saturated rings. The van der Waals surface area contributed by atoms with Gasteiger partial charge in [0.25, 0.3) is 0 Å². The van der Waals surface area contributed by atoms with Gasteiger partial charge in [-0.15, -0.1) is 0 Å². The molecule has 0 aromatic heterocycles. The quantitative estimate of drug-likeness (QED) is 0.796. The molecule has 0 aliphatic carbocycles. The summed E-state index contributed by atoms with van der Waals surface area (Å²) in [5, 5.41) is 0. The second kappa shape index (κ2) is 5.01. The van der Waals surface area contributed by atoms with Gasteiger partial charge < -0.3 is 10.5 Å². The van der Waals surface area contributed by atoms with Crippen LogP contribution in [0.1, 0.15) is 18.1 Å². The van der Waals surface area contributed by atoms with Gasteiger partial charge in [0.05, 0.1) is 6.61 Å². The standard InChI is InChI=1S/C12H19NO/c1-9-4-10(2)6-12(5-9)14-8-11(3)7-13/h4-6,11H,7-8,13H2,1-3H3. The Kier molecular flexibility index (Phi) is 3.96. The third-order valence-electron chi connectivity index (χ3n) is 2.13. The molecule has 0 bridgehead atoms. The highest BCUT2D eigenvalue weighted by Gasteiger charge is 2.01. The van der Waals surface area contributed by atoms with E-state index >= 15 is 0 Å². The maximum atomic E-state index is 5.64. The predicted octanol–water partition coefficient (Wildman–Crippen LogP) is 2.28. The molecule has 2 heteroatoms. The molecule has 14 heavy (non-hydrogen) atoms. The summed E-state index contributed by atoms with van der Waals surface area (Å²) in [6, 6.07) is 6.24. The highest BCUT2D eigenvalue weighted by atomic mass is 16.5. The summed E-state index contributed by atoms with van der Waals surface area (Å²) in [7, 11) is 0. The number of rotatable bonds is 4. The van der Waals surface area contributed by atoms with Gasteiger partial charge in [-0.1, -0.05) is 13.0 Å². The van der Waals surface area contributed by atoms with Gasteiger partial charge in [-0.2, -0.15) is 0 Å². The molecule has 0 saturated heterocycles. The van der Waals surface area contributed by atoms with E-state index in [-0.39, 0.29) is 0 Å². The molecular formula is C12H19NO. The maximum Gasteiger partial charge on any atom is 0.119 e. The largest absolute Gasteiger partial charge is 0.493 e. The first-order valence-corrected chi connectivity index (χ1v) is 5.03. The van der Waals surface area contributed by atoms with E-state index in [2.05, 4.69) is 39.0 Å². The van der Waals surface area contributed by atoms with Crippen LogP contribution in [0.25, 0.3) is 0 Å². The second-order valence-corrected chi connectivity index (χ2v) is 3.98. The number of benzene rings is 1. The highest BCUT2D eigenvalue weighted by molar-refractivity contribution is 5.32. The third kappa shape index (κ3) is 3.38. The van der Waals surface area contributed by atoms with Gasteiger partial charge in [0.15, 0.2) is 0 Å². The molecule has 0 radical (unpaired) electrons. The number of hydrogen-bond donors (Lipinski definition) is 1. The van der Waals surface area contributed by atoms with Crippen molar-refractivity contribution in [3.8, 4) is 5.75 Å². The highest BCUT2D eigenvalue weighted by Crippen LogP contribution is 2.16. The third-order valence-corrected chi connectivity index (χ3v) is 2.13. The van der Waals surface area contributed by atoms with Crippen LogP contribution in [0.4, 0.5) is 0 Å². The Balaban J connectivity index is 2.58. The van der Waals surface area contributed by atoms with Crippen LogP contribution in [0.15, 0.2) is 18.2 Å². The smallest absolute Gasteiger partial charge is 0.119 e. The van der Waals surface area contributed by atoms with E-state index in [9.17, 15) is 0 Å². The molecule has 2 nitrogen and oxygen atoms in total. The number of ether oxygens (including phenoxy) is 1. The van der Waals surface area contributed by atoms with E-state index in [1.807, 2.05) is 0 Å². The van der Waals surface area contributed by atoms with Crippen LogP contribution < -0.4 is 10.5 Å². The monoisotopic (exact) mass is 193 g/mol. The summed E-state index contributed by atoms with van der Waals surface area (Å²) >= 11 is 0. The van der Waals surface area contributed by atoms with Gasteiger partial charge in [-0.05, 0) is 43.7 Å². The fourth-order valence-electron chi connectivity index (χ4n) is 1.32. The van der Waals surface area contributed by atoms with Crippen molar-refractivity contribution in [1.82, 2.24) is 0 Å². The van der Waals surface area contributed by atoms with E-state index < -0.39 is 0 Å².